The van der Waals surface area contributed by atoms with Crippen molar-refractivity contribution in [1.29, 1.82) is 0 Å². The summed E-state index contributed by atoms with van der Waals surface area (Å²) in [6.07, 6.45) is 0. The standard InChI is InChI=1S/C13H18N4OS/c1-7-9(5-14)13(17-16-7)8-2-3-11-10(4-8)15-12(18)6-19-11/h2-4,7,9,13,16-17H,5-6,14H2,1H3,(H,15,18). The summed E-state index contributed by atoms with van der Waals surface area (Å²) in [4.78, 5) is 12.6. The molecule has 0 saturated carbocycles. The summed E-state index contributed by atoms with van der Waals surface area (Å²) < 4.78 is 0. The third-order valence-electron chi connectivity index (χ3n) is 3.80. The van der Waals surface area contributed by atoms with Crippen LogP contribution < -0.4 is 21.9 Å². The number of amides is 1. The second kappa shape index (κ2) is 5.13. The zero-order valence-electron chi connectivity index (χ0n) is 10.8. The lowest BCUT2D eigenvalue weighted by atomic mass is 9.90. The van der Waals surface area contributed by atoms with E-state index in [4.69, 9.17) is 5.73 Å². The Balaban J connectivity index is 1.89. The number of thioether (sulfide) groups is 1. The molecule has 0 aromatic heterocycles. The number of carbonyl (C=O) groups is 1. The van der Waals surface area contributed by atoms with Crippen molar-refractivity contribution in [3.05, 3.63) is 23.8 Å². The fraction of sp³-hybridized carbons (Fsp3) is 0.462. The van der Waals surface area contributed by atoms with Crippen molar-refractivity contribution in [3.63, 3.8) is 0 Å². The van der Waals surface area contributed by atoms with Gasteiger partial charge in [0.1, 0.15) is 0 Å². The van der Waals surface area contributed by atoms with Crippen LogP contribution in [0.15, 0.2) is 23.1 Å². The van der Waals surface area contributed by atoms with Gasteiger partial charge in [-0.05, 0) is 31.2 Å². The second-order valence-electron chi connectivity index (χ2n) is 5.05. The molecular weight excluding hydrogens is 260 g/mol. The Labute approximate surface area is 116 Å². The van der Waals surface area contributed by atoms with E-state index >= 15 is 0 Å². The van der Waals surface area contributed by atoms with Crippen LogP contribution in [0.3, 0.4) is 0 Å². The van der Waals surface area contributed by atoms with Crippen molar-refractivity contribution >= 4 is 23.4 Å². The predicted octanol–water partition coefficient (Wildman–Crippen LogP) is 0.843. The van der Waals surface area contributed by atoms with Gasteiger partial charge in [0.05, 0.1) is 17.5 Å². The molecule has 0 aliphatic carbocycles. The summed E-state index contributed by atoms with van der Waals surface area (Å²) in [6.45, 7) is 2.75. The molecule has 2 aliphatic rings. The number of hydrazine groups is 1. The van der Waals surface area contributed by atoms with Crippen molar-refractivity contribution in [3.8, 4) is 0 Å². The molecule has 1 saturated heterocycles. The molecule has 1 fully saturated rings. The van der Waals surface area contributed by atoms with E-state index in [1.54, 1.807) is 11.8 Å². The first-order chi connectivity index (χ1) is 9.19. The van der Waals surface area contributed by atoms with E-state index in [1.807, 2.05) is 0 Å². The van der Waals surface area contributed by atoms with Crippen LogP contribution in [0.2, 0.25) is 0 Å². The molecule has 0 spiro atoms. The predicted molar refractivity (Wildman–Crippen MR) is 76.8 cm³/mol. The molecule has 0 bridgehead atoms. The molecule has 5 nitrogen and oxygen atoms in total. The summed E-state index contributed by atoms with van der Waals surface area (Å²) in [6, 6.07) is 6.78. The van der Waals surface area contributed by atoms with E-state index in [0.717, 1.165) is 16.1 Å². The van der Waals surface area contributed by atoms with Gasteiger partial charge in [0.15, 0.2) is 0 Å². The number of nitrogens with one attached hydrogen (secondary N) is 3. The highest BCUT2D eigenvalue weighted by molar-refractivity contribution is 8.00. The maximum atomic E-state index is 11.5. The monoisotopic (exact) mass is 278 g/mol. The van der Waals surface area contributed by atoms with Crippen LogP contribution >= 0.6 is 11.8 Å². The minimum absolute atomic E-state index is 0.0656. The minimum atomic E-state index is 0.0656. The maximum Gasteiger partial charge on any atom is 0.234 e. The molecule has 19 heavy (non-hydrogen) atoms. The molecule has 2 aliphatic heterocycles. The van der Waals surface area contributed by atoms with Crippen LogP contribution in [-0.4, -0.2) is 24.2 Å². The first-order valence-electron chi connectivity index (χ1n) is 6.47. The number of benzene rings is 1. The third kappa shape index (κ3) is 2.36. The number of hydrogen-bond donors (Lipinski definition) is 4. The molecular formula is C13H18N4OS. The number of fused-ring (bicyclic) bond motifs is 1. The number of rotatable bonds is 2. The molecule has 0 radical (unpaired) electrons. The molecule has 5 N–H and O–H groups in total. The number of anilines is 1. The first kappa shape index (κ1) is 12.9. The molecule has 102 valence electrons. The molecule has 1 amide bonds. The zero-order valence-corrected chi connectivity index (χ0v) is 11.6. The van der Waals surface area contributed by atoms with E-state index in [1.165, 1.54) is 0 Å². The van der Waals surface area contributed by atoms with Crippen LogP contribution in [0, 0.1) is 5.92 Å². The number of nitrogens with two attached hydrogens (primary N) is 1. The summed E-state index contributed by atoms with van der Waals surface area (Å²) in [5.41, 5.74) is 14.5. The van der Waals surface area contributed by atoms with Crippen molar-refractivity contribution in [1.82, 2.24) is 10.9 Å². The number of hydrogen-bond acceptors (Lipinski definition) is 5. The third-order valence-corrected chi connectivity index (χ3v) is 4.88. The van der Waals surface area contributed by atoms with Gasteiger partial charge in [-0.25, -0.2) is 5.43 Å². The summed E-state index contributed by atoms with van der Waals surface area (Å²) >= 11 is 1.58. The van der Waals surface area contributed by atoms with Gasteiger partial charge in [0.2, 0.25) is 5.91 Å². The second-order valence-corrected chi connectivity index (χ2v) is 6.06. The van der Waals surface area contributed by atoms with Gasteiger partial charge in [0.25, 0.3) is 0 Å². The quantitative estimate of drug-likeness (QED) is 0.645. The SMILES string of the molecule is CC1NNC(c2ccc3c(c2)NC(=O)CS3)C1CN. The van der Waals surface area contributed by atoms with Gasteiger partial charge in [-0.2, -0.15) is 0 Å². The van der Waals surface area contributed by atoms with E-state index in [0.29, 0.717) is 24.3 Å². The van der Waals surface area contributed by atoms with Crippen LogP contribution in [-0.2, 0) is 4.79 Å². The summed E-state index contributed by atoms with van der Waals surface area (Å²) in [7, 11) is 0. The highest BCUT2D eigenvalue weighted by Gasteiger charge is 2.33. The van der Waals surface area contributed by atoms with E-state index in [-0.39, 0.29) is 11.9 Å². The first-order valence-corrected chi connectivity index (χ1v) is 7.45. The molecule has 2 heterocycles. The fourth-order valence-corrected chi connectivity index (χ4v) is 3.48. The number of carbonyl (C=O) groups excluding carboxylic acids is 1. The fourth-order valence-electron chi connectivity index (χ4n) is 2.69. The Morgan fingerprint density at radius 2 is 2.26 bits per heavy atom. The highest BCUT2D eigenvalue weighted by Crippen LogP contribution is 2.36. The Bertz CT molecular complexity index is 507. The zero-order chi connectivity index (χ0) is 13.4. The van der Waals surface area contributed by atoms with Crippen LogP contribution in [0.25, 0.3) is 0 Å². The lowest BCUT2D eigenvalue weighted by Crippen LogP contribution is -2.30. The van der Waals surface area contributed by atoms with Gasteiger partial charge in [-0.15, -0.1) is 11.8 Å². The van der Waals surface area contributed by atoms with Gasteiger partial charge >= 0.3 is 0 Å². The Morgan fingerprint density at radius 1 is 1.42 bits per heavy atom. The van der Waals surface area contributed by atoms with Crippen molar-refractivity contribution in [2.45, 2.75) is 23.9 Å². The highest BCUT2D eigenvalue weighted by atomic mass is 32.2. The van der Waals surface area contributed by atoms with E-state index in [2.05, 4.69) is 41.3 Å². The molecule has 1 aromatic rings. The molecule has 6 heteroatoms. The van der Waals surface area contributed by atoms with Gasteiger partial charge in [-0.1, -0.05) is 6.07 Å². The van der Waals surface area contributed by atoms with Crippen molar-refractivity contribution in [2.24, 2.45) is 11.7 Å². The van der Waals surface area contributed by atoms with Crippen molar-refractivity contribution in [2.75, 3.05) is 17.6 Å². The molecule has 1 aromatic carbocycles. The van der Waals surface area contributed by atoms with Gasteiger partial charge in [0, 0.05) is 16.9 Å². The smallest absolute Gasteiger partial charge is 0.234 e. The van der Waals surface area contributed by atoms with Gasteiger partial charge < -0.3 is 11.1 Å². The van der Waals surface area contributed by atoms with E-state index < -0.39 is 0 Å². The van der Waals surface area contributed by atoms with Crippen LogP contribution in [0.5, 0.6) is 0 Å². The molecule has 3 rings (SSSR count). The normalized spacial score (nSPS) is 30.0. The van der Waals surface area contributed by atoms with Gasteiger partial charge in [-0.3, -0.25) is 10.2 Å². The average Bonchev–Trinajstić information content (AvgIpc) is 2.79. The molecule has 3 atom stereocenters. The lowest BCUT2D eigenvalue weighted by Gasteiger charge is -2.22. The Hall–Kier alpha value is -1.08. The average molecular weight is 278 g/mol. The van der Waals surface area contributed by atoms with Crippen LogP contribution in [0.4, 0.5) is 5.69 Å². The lowest BCUT2D eigenvalue weighted by molar-refractivity contribution is -0.113. The van der Waals surface area contributed by atoms with Crippen molar-refractivity contribution < 1.29 is 4.79 Å². The molecule has 3 unspecified atom stereocenters. The van der Waals surface area contributed by atoms with Crippen LogP contribution in [0.1, 0.15) is 18.5 Å². The summed E-state index contributed by atoms with van der Waals surface area (Å²) in [5, 5.41) is 2.93. The summed E-state index contributed by atoms with van der Waals surface area (Å²) in [5.74, 6) is 0.916. The maximum absolute atomic E-state index is 11.5. The Morgan fingerprint density at radius 3 is 3.05 bits per heavy atom. The largest absolute Gasteiger partial charge is 0.330 e. The van der Waals surface area contributed by atoms with E-state index in [9.17, 15) is 4.79 Å². The topological polar surface area (TPSA) is 79.2 Å². The minimum Gasteiger partial charge on any atom is -0.330 e. The Kier molecular flexibility index (Phi) is 3.49.